The molecule has 0 aromatic heterocycles. The van der Waals surface area contributed by atoms with E-state index in [9.17, 15) is 0 Å². The Kier molecular flexibility index (Phi) is 4.25. The second-order valence-corrected chi connectivity index (χ2v) is 4.86. The van der Waals surface area contributed by atoms with Gasteiger partial charge < -0.3 is 20.7 Å². The lowest BCUT2D eigenvalue weighted by atomic mass is 10.1. The standard InChI is InChI=1S/C13H19N3OS/c1-17-12-9-10(15-13(14)18)5-6-11(12)16-7-3-2-4-8-16/h5-6,9H,2-4,7-8H2,1H3,(H3,14,15,18). The summed E-state index contributed by atoms with van der Waals surface area (Å²) in [5, 5.41) is 3.19. The van der Waals surface area contributed by atoms with Gasteiger partial charge >= 0.3 is 0 Å². The Morgan fingerprint density at radius 2 is 2.06 bits per heavy atom. The highest BCUT2D eigenvalue weighted by molar-refractivity contribution is 7.80. The van der Waals surface area contributed by atoms with Crippen LogP contribution in [-0.2, 0) is 0 Å². The third-order valence-corrected chi connectivity index (χ3v) is 3.25. The molecular formula is C13H19N3OS. The average molecular weight is 265 g/mol. The summed E-state index contributed by atoms with van der Waals surface area (Å²) >= 11 is 4.83. The van der Waals surface area contributed by atoms with Crippen molar-refractivity contribution in [1.82, 2.24) is 0 Å². The first kappa shape index (κ1) is 13.0. The number of nitrogens with one attached hydrogen (secondary N) is 1. The van der Waals surface area contributed by atoms with Crippen LogP contribution in [0.4, 0.5) is 11.4 Å². The van der Waals surface area contributed by atoms with Crippen molar-refractivity contribution >= 4 is 28.7 Å². The van der Waals surface area contributed by atoms with Gasteiger partial charge in [0.25, 0.3) is 0 Å². The molecule has 0 saturated carbocycles. The quantitative estimate of drug-likeness (QED) is 0.822. The molecule has 2 rings (SSSR count). The van der Waals surface area contributed by atoms with Gasteiger partial charge in [-0.25, -0.2) is 0 Å². The third-order valence-electron chi connectivity index (χ3n) is 3.14. The van der Waals surface area contributed by atoms with Gasteiger partial charge in [-0.05, 0) is 43.6 Å². The Balaban J connectivity index is 2.21. The van der Waals surface area contributed by atoms with Crippen LogP contribution in [0.25, 0.3) is 0 Å². The highest BCUT2D eigenvalue weighted by atomic mass is 32.1. The molecule has 0 spiro atoms. The summed E-state index contributed by atoms with van der Waals surface area (Å²) in [6.45, 7) is 2.19. The first-order chi connectivity index (χ1) is 8.70. The largest absolute Gasteiger partial charge is 0.495 e. The maximum absolute atomic E-state index is 5.47. The molecule has 1 aliphatic rings. The monoisotopic (exact) mass is 265 g/mol. The number of ether oxygens (including phenoxy) is 1. The first-order valence-corrected chi connectivity index (χ1v) is 6.61. The number of anilines is 2. The van der Waals surface area contributed by atoms with Crippen molar-refractivity contribution < 1.29 is 4.74 Å². The van der Waals surface area contributed by atoms with E-state index in [2.05, 4.69) is 16.3 Å². The molecule has 1 aliphatic heterocycles. The molecule has 0 atom stereocenters. The molecule has 1 aromatic carbocycles. The fourth-order valence-corrected chi connectivity index (χ4v) is 2.41. The van der Waals surface area contributed by atoms with E-state index in [0.29, 0.717) is 0 Å². The Morgan fingerprint density at radius 3 is 2.67 bits per heavy atom. The summed E-state index contributed by atoms with van der Waals surface area (Å²) in [5.41, 5.74) is 7.47. The zero-order chi connectivity index (χ0) is 13.0. The molecule has 0 bridgehead atoms. The van der Waals surface area contributed by atoms with Gasteiger partial charge in [-0.2, -0.15) is 0 Å². The lowest BCUT2D eigenvalue weighted by Gasteiger charge is -2.30. The fraction of sp³-hybridized carbons (Fsp3) is 0.462. The predicted octanol–water partition coefficient (Wildman–Crippen LogP) is 2.34. The van der Waals surface area contributed by atoms with Crippen molar-refractivity contribution in [2.75, 3.05) is 30.4 Å². The van der Waals surface area contributed by atoms with Gasteiger partial charge in [-0.1, -0.05) is 0 Å². The zero-order valence-corrected chi connectivity index (χ0v) is 11.4. The summed E-state index contributed by atoms with van der Waals surface area (Å²) in [6.07, 6.45) is 3.81. The number of benzene rings is 1. The summed E-state index contributed by atoms with van der Waals surface area (Å²) in [6, 6.07) is 5.97. The Bertz CT molecular complexity index is 430. The maximum Gasteiger partial charge on any atom is 0.168 e. The average Bonchev–Trinajstić information content (AvgIpc) is 2.39. The zero-order valence-electron chi connectivity index (χ0n) is 10.6. The summed E-state index contributed by atoms with van der Waals surface area (Å²) < 4.78 is 5.46. The van der Waals surface area contributed by atoms with E-state index < -0.39 is 0 Å². The van der Waals surface area contributed by atoms with Gasteiger partial charge in [0.15, 0.2) is 5.11 Å². The molecule has 4 nitrogen and oxygen atoms in total. The molecule has 0 radical (unpaired) electrons. The molecule has 3 N–H and O–H groups in total. The number of hydrogen-bond donors (Lipinski definition) is 2. The maximum atomic E-state index is 5.47. The van der Waals surface area contributed by atoms with E-state index in [1.807, 2.05) is 12.1 Å². The van der Waals surface area contributed by atoms with Crippen molar-refractivity contribution in [3.63, 3.8) is 0 Å². The van der Waals surface area contributed by atoms with Crippen LogP contribution < -0.4 is 20.7 Å². The van der Waals surface area contributed by atoms with Crippen molar-refractivity contribution in [2.24, 2.45) is 5.73 Å². The molecule has 1 heterocycles. The molecule has 1 aromatic rings. The van der Waals surface area contributed by atoms with E-state index in [1.165, 1.54) is 19.3 Å². The molecule has 0 unspecified atom stereocenters. The second-order valence-electron chi connectivity index (χ2n) is 4.42. The van der Waals surface area contributed by atoms with Crippen LogP contribution >= 0.6 is 12.2 Å². The molecule has 98 valence electrons. The SMILES string of the molecule is COc1cc(NC(N)=S)ccc1N1CCCCC1. The lowest BCUT2D eigenvalue weighted by Crippen LogP contribution is -2.29. The van der Waals surface area contributed by atoms with E-state index in [4.69, 9.17) is 22.7 Å². The van der Waals surface area contributed by atoms with Crippen LogP contribution in [0.2, 0.25) is 0 Å². The van der Waals surface area contributed by atoms with Crippen molar-refractivity contribution in [3.8, 4) is 5.75 Å². The van der Waals surface area contributed by atoms with Crippen LogP contribution in [0.15, 0.2) is 18.2 Å². The van der Waals surface area contributed by atoms with E-state index >= 15 is 0 Å². The van der Waals surface area contributed by atoms with Crippen molar-refractivity contribution in [2.45, 2.75) is 19.3 Å². The lowest BCUT2D eigenvalue weighted by molar-refractivity contribution is 0.413. The van der Waals surface area contributed by atoms with Crippen LogP contribution in [-0.4, -0.2) is 25.3 Å². The minimum Gasteiger partial charge on any atom is -0.495 e. The number of rotatable bonds is 3. The van der Waals surface area contributed by atoms with Gasteiger partial charge in [0.05, 0.1) is 12.8 Å². The first-order valence-electron chi connectivity index (χ1n) is 6.20. The molecule has 0 amide bonds. The Hall–Kier alpha value is -1.49. The second kappa shape index (κ2) is 5.91. The summed E-state index contributed by atoms with van der Waals surface area (Å²) in [7, 11) is 1.69. The van der Waals surface area contributed by atoms with Gasteiger partial charge in [0.2, 0.25) is 0 Å². The molecule has 18 heavy (non-hydrogen) atoms. The third kappa shape index (κ3) is 3.04. The van der Waals surface area contributed by atoms with E-state index in [0.717, 1.165) is 30.2 Å². The molecule has 5 heteroatoms. The highest BCUT2D eigenvalue weighted by Crippen LogP contribution is 2.32. The van der Waals surface area contributed by atoms with Gasteiger partial charge in [0.1, 0.15) is 5.75 Å². The topological polar surface area (TPSA) is 50.5 Å². The number of hydrogen-bond acceptors (Lipinski definition) is 3. The van der Waals surface area contributed by atoms with E-state index in [1.54, 1.807) is 7.11 Å². The van der Waals surface area contributed by atoms with Crippen molar-refractivity contribution in [3.05, 3.63) is 18.2 Å². The summed E-state index contributed by atoms with van der Waals surface area (Å²) in [4.78, 5) is 2.37. The van der Waals surface area contributed by atoms with Gasteiger partial charge in [-0.3, -0.25) is 0 Å². The number of nitrogens with zero attached hydrogens (tertiary/aromatic N) is 1. The number of methoxy groups -OCH3 is 1. The Morgan fingerprint density at radius 1 is 1.33 bits per heavy atom. The van der Waals surface area contributed by atoms with Gasteiger partial charge in [0, 0.05) is 24.8 Å². The number of thiocarbonyl (C=S) groups is 1. The minimum absolute atomic E-state index is 0.266. The highest BCUT2D eigenvalue weighted by Gasteiger charge is 2.15. The predicted molar refractivity (Wildman–Crippen MR) is 79.5 cm³/mol. The number of piperidine rings is 1. The van der Waals surface area contributed by atoms with Gasteiger partial charge in [-0.15, -0.1) is 0 Å². The smallest absolute Gasteiger partial charge is 0.168 e. The van der Waals surface area contributed by atoms with Crippen LogP contribution in [0.5, 0.6) is 5.75 Å². The van der Waals surface area contributed by atoms with Crippen LogP contribution in [0, 0.1) is 0 Å². The number of nitrogens with two attached hydrogens (primary N) is 1. The van der Waals surface area contributed by atoms with Crippen molar-refractivity contribution in [1.29, 1.82) is 0 Å². The molecular weight excluding hydrogens is 246 g/mol. The fourth-order valence-electron chi connectivity index (χ4n) is 2.29. The molecule has 0 aliphatic carbocycles. The molecule has 1 saturated heterocycles. The summed E-state index contributed by atoms with van der Waals surface area (Å²) in [5.74, 6) is 0.859. The van der Waals surface area contributed by atoms with Crippen LogP contribution in [0.3, 0.4) is 0 Å². The Labute approximate surface area is 113 Å². The van der Waals surface area contributed by atoms with Crippen LogP contribution in [0.1, 0.15) is 19.3 Å². The molecule has 1 fully saturated rings. The van der Waals surface area contributed by atoms with E-state index in [-0.39, 0.29) is 5.11 Å². The minimum atomic E-state index is 0.266. The normalized spacial score (nSPS) is 15.3.